The van der Waals surface area contributed by atoms with Crippen LogP contribution in [-0.2, 0) is 13.5 Å². The van der Waals surface area contributed by atoms with E-state index in [1.165, 1.54) is 0 Å². The van der Waals surface area contributed by atoms with Gasteiger partial charge in [-0.15, -0.1) is 0 Å². The van der Waals surface area contributed by atoms with Gasteiger partial charge in [0.05, 0.1) is 11.3 Å². The molecule has 0 saturated heterocycles. The first-order chi connectivity index (χ1) is 12.2. The summed E-state index contributed by atoms with van der Waals surface area (Å²) in [4.78, 5) is 12.3. The Balaban J connectivity index is 1.87. The van der Waals surface area contributed by atoms with E-state index < -0.39 is 0 Å². The number of carbonyl (C=O) groups is 1. The maximum atomic E-state index is 12.3. The van der Waals surface area contributed by atoms with Crippen LogP contribution in [0.15, 0.2) is 54.6 Å². The van der Waals surface area contributed by atoms with Crippen LogP contribution in [0.1, 0.15) is 21.6 Å². The number of fused-ring (bicyclic) bond motifs is 1. The predicted octanol–water partition coefficient (Wildman–Crippen LogP) is 4.08. The fourth-order valence-corrected chi connectivity index (χ4v) is 3.52. The Hall–Kier alpha value is -3.01. The lowest BCUT2D eigenvalue weighted by molar-refractivity contribution is 0.0945. The number of nitrogens with zero attached hydrogens (tertiary/aromatic N) is 1. The Morgan fingerprint density at radius 1 is 1.04 bits per heavy atom. The van der Waals surface area contributed by atoms with Crippen LogP contribution in [0.5, 0.6) is 11.5 Å². The monoisotopic (exact) mass is 332 g/mol. The molecule has 1 aliphatic rings. The highest BCUT2D eigenvalue weighted by atomic mass is 16.5. The van der Waals surface area contributed by atoms with E-state index in [0.717, 1.165) is 46.0 Å². The summed E-state index contributed by atoms with van der Waals surface area (Å²) in [5, 5.41) is 2.94. The second-order valence-corrected chi connectivity index (χ2v) is 6.26. The molecule has 0 bridgehead atoms. The summed E-state index contributed by atoms with van der Waals surface area (Å²) in [6.45, 7) is 2.66. The van der Waals surface area contributed by atoms with Crippen LogP contribution in [0.25, 0.3) is 11.3 Å². The molecule has 0 fully saturated rings. The molecule has 25 heavy (non-hydrogen) atoms. The van der Waals surface area contributed by atoms with Crippen LogP contribution < -0.4 is 10.1 Å². The molecule has 1 aromatic heterocycles. The third kappa shape index (κ3) is 2.60. The molecule has 126 valence electrons. The second-order valence-electron chi connectivity index (χ2n) is 6.26. The maximum Gasteiger partial charge on any atom is 0.253 e. The minimum Gasteiger partial charge on any atom is -0.457 e. The van der Waals surface area contributed by atoms with Crippen molar-refractivity contribution in [1.29, 1.82) is 0 Å². The third-order valence-electron chi connectivity index (χ3n) is 4.79. The number of hydrogen-bond donors (Lipinski definition) is 1. The Morgan fingerprint density at radius 3 is 2.56 bits per heavy atom. The number of carbonyl (C=O) groups excluding carboxylic acids is 1. The predicted molar refractivity (Wildman–Crippen MR) is 98.1 cm³/mol. The molecule has 1 aliphatic heterocycles. The van der Waals surface area contributed by atoms with E-state index in [4.69, 9.17) is 4.74 Å². The van der Waals surface area contributed by atoms with Gasteiger partial charge in [0.15, 0.2) is 0 Å². The van der Waals surface area contributed by atoms with Crippen molar-refractivity contribution >= 4 is 5.91 Å². The van der Waals surface area contributed by atoms with Crippen molar-refractivity contribution in [2.24, 2.45) is 7.05 Å². The molecular formula is C21H20N2O2. The van der Waals surface area contributed by atoms with E-state index in [9.17, 15) is 4.79 Å². The minimum absolute atomic E-state index is 0.0158. The van der Waals surface area contributed by atoms with Crippen LogP contribution >= 0.6 is 0 Å². The molecule has 0 unspecified atom stereocenters. The topological polar surface area (TPSA) is 43.3 Å². The average Bonchev–Trinajstić information content (AvgIpc) is 2.89. The number of benzene rings is 2. The highest BCUT2D eigenvalue weighted by Crippen LogP contribution is 2.39. The highest BCUT2D eigenvalue weighted by Gasteiger charge is 2.28. The van der Waals surface area contributed by atoms with Crippen LogP contribution in [0, 0.1) is 6.92 Å². The van der Waals surface area contributed by atoms with E-state index in [1.807, 2.05) is 62.5 Å². The molecule has 0 radical (unpaired) electrons. The van der Waals surface area contributed by atoms with Gasteiger partial charge in [-0.3, -0.25) is 4.79 Å². The summed E-state index contributed by atoms with van der Waals surface area (Å²) in [6.07, 6.45) is 0.831. The number of para-hydroxylation sites is 2. The van der Waals surface area contributed by atoms with Gasteiger partial charge in [0, 0.05) is 24.8 Å². The first kappa shape index (κ1) is 15.5. The molecule has 4 heteroatoms. The van der Waals surface area contributed by atoms with Crippen molar-refractivity contribution in [1.82, 2.24) is 9.88 Å². The first-order valence-electron chi connectivity index (χ1n) is 8.45. The van der Waals surface area contributed by atoms with Gasteiger partial charge < -0.3 is 14.6 Å². The largest absolute Gasteiger partial charge is 0.457 e. The fraction of sp³-hybridized carbons (Fsp3) is 0.190. The van der Waals surface area contributed by atoms with Crippen molar-refractivity contribution in [3.63, 3.8) is 0 Å². The van der Waals surface area contributed by atoms with Gasteiger partial charge in [-0.25, -0.2) is 0 Å². The number of rotatable bonds is 3. The second kappa shape index (κ2) is 6.13. The molecule has 2 aromatic carbocycles. The zero-order valence-corrected chi connectivity index (χ0v) is 14.4. The van der Waals surface area contributed by atoms with Crippen molar-refractivity contribution < 1.29 is 9.53 Å². The van der Waals surface area contributed by atoms with Gasteiger partial charge in [-0.1, -0.05) is 30.3 Å². The molecule has 0 aliphatic carbocycles. The summed E-state index contributed by atoms with van der Waals surface area (Å²) in [6, 6.07) is 17.8. The zero-order valence-electron chi connectivity index (χ0n) is 14.4. The van der Waals surface area contributed by atoms with Crippen molar-refractivity contribution in [3.8, 4) is 22.8 Å². The number of hydrogen-bond acceptors (Lipinski definition) is 2. The molecule has 3 aromatic rings. The van der Waals surface area contributed by atoms with Gasteiger partial charge in [0.25, 0.3) is 5.91 Å². The molecule has 0 spiro atoms. The highest BCUT2D eigenvalue weighted by molar-refractivity contribution is 6.00. The summed E-state index contributed by atoms with van der Waals surface area (Å²) < 4.78 is 8.23. The lowest BCUT2D eigenvalue weighted by Crippen LogP contribution is -2.31. The lowest BCUT2D eigenvalue weighted by Gasteiger charge is -2.16. The van der Waals surface area contributed by atoms with E-state index in [1.54, 1.807) is 0 Å². The molecule has 0 atom stereocenters. The normalized spacial score (nSPS) is 13.3. The summed E-state index contributed by atoms with van der Waals surface area (Å²) in [5.74, 6) is 1.61. The molecule has 4 rings (SSSR count). The Morgan fingerprint density at radius 2 is 1.76 bits per heavy atom. The number of ether oxygens (including phenoxy) is 1. The third-order valence-corrected chi connectivity index (χ3v) is 4.79. The van der Waals surface area contributed by atoms with Crippen LogP contribution in [-0.4, -0.2) is 17.0 Å². The number of amides is 1. The summed E-state index contributed by atoms with van der Waals surface area (Å²) >= 11 is 0. The minimum atomic E-state index is 0.0158. The Bertz CT molecular complexity index is 942. The molecule has 0 saturated carbocycles. The van der Waals surface area contributed by atoms with Gasteiger partial charge >= 0.3 is 0 Å². The molecule has 2 heterocycles. The molecule has 1 N–H and O–H groups in total. The van der Waals surface area contributed by atoms with Crippen LogP contribution in [0.4, 0.5) is 0 Å². The van der Waals surface area contributed by atoms with Gasteiger partial charge in [-0.05, 0) is 43.2 Å². The van der Waals surface area contributed by atoms with Crippen molar-refractivity contribution in [2.45, 2.75) is 13.3 Å². The van der Waals surface area contributed by atoms with Crippen molar-refractivity contribution in [3.05, 3.63) is 71.4 Å². The van der Waals surface area contributed by atoms with Gasteiger partial charge in [0.1, 0.15) is 11.5 Å². The molecule has 4 nitrogen and oxygen atoms in total. The standard InChI is InChI=1S/C21H20N2O2/c1-14-19-17(12-13-22-21(19)24)20(23(14)2)16-10-6-7-11-18(16)25-15-8-4-3-5-9-15/h3-11H,12-13H2,1-2H3,(H,22,24). The Labute approximate surface area is 147 Å². The van der Waals surface area contributed by atoms with Gasteiger partial charge in [0.2, 0.25) is 0 Å². The first-order valence-corrected chi connectivity index (χ1v) is 8.45. The van der Waals surface area contributed by atoms with Crippen LogP contribution in [0.3, 0.4) is 0 Å². The quantitative estimate of drug-likeness (QED) is 0.785. The summed E-state index contributed by atoms with van der Waals surface area (Å²) in [5.41, 5.74) is 4.96. The van der Waals surface area contributed by atoms with E-state index in [0.29, 0.717) is 6.54 Å². The Kier molecular flexibility index (Phi) is 3.80. The number of nitrogens with one attached hydrogen (secondary N) is 1. The fourth-order valence-electron chi connectivity index (χ4n) is 3.52. The van der Waals surface area contributed by atoms with Gasteiger partial charge in [-0.2, -0.15) is 0 Å². The average molecular weight is 332 g/mol. The van der Waals surface area contributed by atoms with E-state index in [2.05, 4.69) is 16.0 Å². The smallest absolute Gasteiger partial charge is 0.253 e. The van der Waals surface area contributed by atoms with E-state index >= 15 is 0 Å². The lowest BCUT2D eigenvalue weighted by atomic mass is 9.97. The summed E-state index contributed by atoms with van der Waals surface area (Å²) in [7, 11) is 2.01. The van der Waals surface area contributed by atoms with Crippen molar-refractivity contribution in [2.75, 3.05) is 6.54 Å². The zero-order chi connectivity index (χ0) is 17.4. The number of aromatic nitrogens is 1. The van der Waals surface area contributed by atoms with Crippen LogP contribution in [0.2, 0.25) is 0 Å². The van der Waals surface area contributed by atoms with E-state index in [-0.39, 0.29) is 5.91 Å². The molecule has 1 amide bonds. The SMILES string of the molecule is Cc1c2c(c(-c3ccccc3Oc3ccccc3)n1C)CCNC2=O. The molecular weight excluding hydrogens is 312 g/mol. The maximum absolute atomic E-state index is 12.3.